The first-order valence-corrected chi connectivity index (χ1v) is 17.5. The van der Waals surface area contributed by atoms with Crippen LogP contribution in [-0.4, -0.2) is 34.9 Å². The molecule has 10 aromatic rings. The van der Waals surface area contributed by atoms with Crippen LogP contribution in [0.1, 0.15) is 0 Å². The van der Waals surface area contributed by atoms with Gasteiger partial charge in [0.2, 0.25) is 0 Å². The maximum atomic E-state index is 5.22. The Hall–Kier alpha value is -7.38. The van der Waals surface area contributed by atoms with Gasteiger partial charge in [-0.25, -0.2) is 19.9 Å². The number of benzene rings is 7. The van der Waals surface area contributed by atoms with E-state index in [1.807, 2.05) is 103 Å². The second-order valence-electron chi connectivity index (χ2n) is 12.8. The lowest BCUT2D eigenvalue weighted by Gasteiger charge is -2.13. The number of nitrogens with zero attached hydrogens (tertiary/aromatic N) is 7. The fourth-order valence-corrected chi connectivity index (χ4v) is 6.94. The van der Waals surface area contributed by atoms with Crippen LogP contribution in [0.4, 0.5) is 0 Å². The summed E-state index contributed by atoms with van der Waals surface area (Å²) in [6, 6.07) is 59.3. The van der Waals surface area contributed by atoms with E-state index >= 15 is 0 Å². The van der Waals surface area contributed by atoms with E-state index in [0.717, 1.165) is 77.5 Å². The Morgan fingerprint density at radius 3 is 1.43 bits per heavy atom. The van der Waals surface area contributed by atoms with Gasteiger partial charge < -0.3 is 0 Å². The standard InChI is InChI=1S/C46H29N7/c1-5-15-31(16-6-1)41-38-29-37(42-43(40(38)36-23-13-14-24-39(36)47-41)52-53(51-42)35-21-11-4-12-22-35)30-25-27-34(28-26-30)46-49-44(32-17-7-2-8-18-32)48-45(50-46)33-19-9-3-10-20-33/h1-29H. The molecule has 0 amide bonds. The van der Waals surface area contributed by atoms with Gasteiger partial charge in [0.25, 0.3) is 0 Å². The highest BCUT2D eigenvalue weighted by atomic mass is 15.5. The second kappa shape index (κ2) is 12.7. The first-order chi connectivity index (χ1) is 26.3. The van der Waals surface area contributed by atoms with Crippen molar-refractivity contribution in [3.8, 4) is 62.2 Å². The molecule has 0 radical (unpaired) electrons. The van der Waals surface area contributed by atoms with Gasteiger partial charge in [0, 0.05) is 44.0 Å². The average molecular weight is 680 g/mol. The lowest BCUT2D eigenvalue weighted by atomic mass is 9.94. The van der Waals surface area contributed by atoms with Crippen LogP contribution in [0.15, 0.2) is 176 Å². The van der Waals surface area contributed by atoms with Crippen LogP contribution in [0, 0.1) is 0 Å². The molecule has 3 heterocycles. The predicted octanol–water partition coefficient (Wildman–Crippen LogP) is 10.6. The van der Waals surface area contributed by atoms with Crippen LogP contribution < -0.4 is 0 Å². The molecule has 0 atom stereocenters. The molecule has 0 aliphatic rings. The highest BCUT2D eigenvalue weighted by Crippen LogP contribution is 2.41. The minimum absolute atomic E-state index is 0.602. The number of para-hydroxylation sites is 2. The Bertz CT molecular complexity index is 2850. The number of fused-ring (bicyclic) bond motifs is 5. The zero-order valence-corrected chi connectivity index (χ0v) is 28.4. The Kier molecular flexibility index (Phi) is 7.32. The molecular formula is C46H29N7. The number of hydrogen-bond acceptors (Lipinski definition) is 6. The highest BCUT2D eigenvalue weighted by Gasteiger charge is 2.21. The minimum atomic E-state index is 0.602. The quantitative estimate of drug-likeness (QED) is 0.163. The van der Waals surface area contributed by atoms with Gasteiger partial charge in [-0.15, -0.1) is 10.2 Å². The van der Waals surface area contributed by atoms with Crippen LogP contribution in [-0.2, 0) is 0 Å². The Morgan fingerprint density at radius 1 is 0.358 bits per heavy atom. The third-order valence-corrected chi connectivity index (χ3v) is 9.51. The predicted molar refractivity (Wildman–Crippen MR) is 212 cm³/mol. The molecule has 0 spiro atoms. The van der Waals surface area contributed by atoms with Crippen molar-refractivity contribution in [2.45, 2.75) is 0 Å². The molecule has 3 aromatic heterocycles. The van der Waals surface area contributed by atoms with E-state index in [1.165, 1.54) is 0 Å². The van der Waals surface area contributed by atoms with Gasteiger partial charge in [-0.05, 0) is 29.8 Å². The van der Waals surface area contributed by atoms with E-state index in [0.29, 0.717) is 17.5 Å². The summed E-state index contributed by atoms with van der Waals surface area (Å²) in [5.74, 6) is 1.85. The molecule has 0 unspecified atom stereocenters. The summed E-state index contributed by atoms with van der Waals surface area (Å²) >= 11 is 0. The van der Waals surface area contributed by atoms with Crippen LogP contribution in [0.25, 0.3) is 94.9 Å². The van der Waals surface area contributed by atoms with Crippen molar-refractivity contribution in [2.24, 2.45) is 0 Å². The molecule has 0 aliphatic heterocycles. The van der Waals surface area contributed by atoms with Crippen molar-refractivity contribution in [1.82, 2.24) is 34.9 Å². The third kappa shape index (κ3) is 5.48. The summed E-state index contributed by atoms with van der Waals surface area (Å²) in [6.45, 7) is 0. The van der Waals surface area contributed by atoms with E-state index in [-0.39, 0.29) is 0 Å². The largest absolute Gasteiger partial charge is 0.247 e. The lowest BCUT2D eigenvalue weighted by Crippen LogP contribution is -2.00. The van der Waals surface area contributed by atoms with Crippen molar-refractivity contribution < 1.29 is 0 Å². The van der Waals surface area contributed by atoms with E-state index in [1.54, 1.807) is 4.80 Å². The Balaban J connectivity index is 1.19. The number of hydrogen-bond donors (Lipinski definition) is 0. The average Bonchev–Trinajstić information content (AvgIpc) is 3.70. The molecule has 0 N–H and O–H groups in total. The Labute approximate surface area is 304 Å². The van der Waals surface area contributed by atoms with Gasteiger partial charge in [0.05, 0.1) is 16.9 Å². The van der Waals surface area contributed by atoms with Crippen molar-refractivity contribution in [3.05, 3.63) is 176 Å². The summed E-state index contributed by atoms with van der Waals surface area (Å²) in [5.41, 5.74) is 10.1. The molecule has 53 heavy (non-hydrogen) atoms. The van der Waals surface area contributed by atoms with Gasteiger partial charge in [-0.2, -0.15) is 4.80 Å². The van der Waals surface area contributed by atoms with Crippen molar-refractivity contribution in [1.29, 1.82) is 0 Å². The summed E-state index contributed by atoms with van der Waals surface area (Å²) in [7, 11) is 0. The van der Waals surface area contributed by atoms with Crippen LogP contribution in [0.3, 0.4) is 0 Å². The van der Waals surface area contributed by atoms with Crippen LogP contribution >= 0.6 is 0 Å². The van der Waals surface area contributed by atoms with Crippen LogP contribution in [0.2, 0.25) is 0 Å². The number of aromatic nitrogens is 7. The van der Waals surface area contributed by atoms with Crippen molar-refractivity contribution in [2.75, 3.05) is 0 Å². The summed E-state index contributed by atoms with van der Waals surface area (Å²) in [6.07, 6.45) is 0. The van der Waals surface area contributed by atoms with Crippen molar-refractivity contribution >= 4 is 32.7 Å². The number of pyridine rings is 1. The molecule has 0 aliphatic carbocycles. The first-order valence-electron chi connectivity index (χ1n) is 17.5. The topological polar surface area (TPSA) is 82.3 Å². The van der Waals surface area contributed by atoms with Crippen LogP contribution in [0.5, 0.6) is 0 Å². The molecule has 0 bridgehead atoms. The molecule has 0 saturated carbocycles. The summed E-state index contributed by atoms with van der Waals surface area (Å²) < 4.78 is 0. The second-order valence-corrected chi connectivity index (χ2v) is 12.8. The number of rotatable bonds is 6. The summed E-state index contributed by atoms with van der Waals surface area (Å²) in [4.78, 5) is 21.7. The van der Waals surface area contributed by atoms with Gasteiger partial charge in [0.1, 0.15) is 11.0 Å². The molecule has 7 heteroatoms. The molecule has 7 aromatic carbocycles. The Morgan fingerprint density at radius 2 is 0.830 bits per heavy atom. The highest BCUT2D eigenvalue weighted by molar-refractivity contribution is 6.23. The van der Waals surface area contributed by atoms with Crippen molar-refractivity contribution in [3.63, 3.8) is 0 Å². The smallest absolute Gasteiger partial charge is 0.164 e. The van der Waals surface area contributed by atoms with E-state index in [9.17, 15) is 0 Å². The van der Waals surface area contributed by atoms with E-state index in [2.05, 4.69) is 72.8 Å². The molecule has 0 fully saturated rings. The maximum Gasteiger partial charge on any atom is 0.164 e. The van der Waals surface area contributed by atoms with E-state index in [4.69, 9.17) is 30.1 Å². The zero-order chi connectivity index (χ0) is 35.1. The fraction of sp³-hybridized carbons (Fsp3) is 0. The molecule has 0 saturated heterocycles. The van der Waals surface area contributed by atoms with Gasteiger partial charge >= 0.3 is 0 Å². The minimum Gasteiger partial charge on any atom is -0.247 e. The molecule has 248 valence electrons. The maximum absolute atomic E-state index is 5.22. The molecule has 7 nitrogen and oxygen atoms in total. The monoisotopic (exact) mass is 679 g/mol. The third-order valence-electron chi connectivity index (χ3n) is 9.51. The normalized spacial score (nSPS) is 11.4. The SMILES string of the molecule is c1ccc(-c2nc(-c3ccccc3)nc(-c3ccc(-c4cc5c(-c6ccccc6)nc6ccccc6c5c5nn(-c6ccccc6)nc45)cc3)n2)cc1. The molecular weight excluding hydrogens is 651 g/mol. The fourth-order valence-electron chi connectivity index (χ4n) is 6.94. The van der Waals surface area contributed by atoms with Gasteiger partial charge in [-0.3, -0.25) is 0 Å². The first kappa shape index (κ1) is 30.4. The zero-order valence-electron chi connectivity index (χ0n) is 28.4. The van der Waals surface area contributed by atoms with Gasteiger partial charge in [0.15, 0.2) is 17.5 Å². The van der Waals surface area contributed by atoms with E-state index < -0.39 is 0 Å². The summed E-state index contributed by atoms with van der Waals surface area (Å²) in [5, 5.41) is 13.4. The lowest BCUT2D eigenvalue weighted by molar-refractivity contribution is 0.766. The molecule has 10 rings (SSSR count). The van der Waals surface area contributed by atoms with Gasteiger partial charge in [-0.1, -0.05) is 152 Å².